The first-order valence-electron chi connectivity index (χ1n) is 6.89. The maximum Gasteiger partial charge on any atom is 0.237 e. The van der Waals surface area contributed by atoms with E-state index in [0.717, 1.165) is 38.8 Å². The van der Waals surface area contributed by atoms with Gasteiger partial charge in [0.25, 0.3) is 0 Å². The van der Waals surface area contributed by atoms with Gasteiger partial charge in [-0.2, -0.15) is 0 Å². The van der Waals surface area contributed by atoms with Crippen molar-refractivity contribution in [3.05, 3.63) is 0 Å². The van der Waals surface area contributed by atoms with Crippen LogP contribution >= 0.6 is 0 Å². The number of carbonyl (C=O) groups is 1. The Hall–Kier alpha value is -0.650. The van der Waals surface area contributed by atoms with Gasteiger partial charge in [-0.25, -0.2) is 0 Å². The second-order valence-electron chi connectivity index (χ2n) is 4.58. The predicted octanol–water partition coefficient (Wildman–Crippen LogP) is 0.988. The van der Waals surface area contributed by atoms with E-state index in [2.05, 4.69) is 12.2 Å². The zero-order valence-electron chi connectivity index (χ0n) is 11.6. The fourth-order valence-corrected chi connectivity index (χ4v) is 2.13. The standard InChI is InChI=1S/C13H26N2O3/c1-3-6-12-14-11-13(16)15(12)7-4-5-8-18-10-9-17-2/h12,14H,3-11H2,1-2H3. The van der Waals surface area contributed by atoms with Crippen LogP contribution in [-0.4, -0.2) is 57.0 Å². The van der Waals surface area contributed by atoms with Crippen molar-refractivity contribution < 1.29 is 14.3 Å². The van der Waals surface area contributed by atoms with Crippen molar-refractivity contribution in [1.82, 2.24) is 10.2 Å². The predicted molar refractivity (Wildman–Crippen MR) is 70.3 cm³/mol. The third-order valence-electron chi connectivity index (χ3n) is 3.12. The highest BCUT2D eigenvalue weighted by molar-refractivity contribution is 5.80. The van der Waals surface area contributed by atoms with E-state index in [1.165, 1.54) is 0 Å². The number of ether oxygens (including phenoxy) is 2. The molecule has 0 aromatic heterocycles. The van der Waals surface area contributed by atoms with Crippen molar-refractivity contribution in [2.75, 3.05) is 40.0 Å². The zero-order chi connectivity index (χ0) is 13.2. The molecule has 0 aliphatic carbocycles. The van der Waals surface area contributed by atoms with Crippen LogP contribution in [0.25, 0.3) is 0 Å². The van der Waals surface area contributed by atoms with Crippen molar-refractivity contribution >= 4 is 5.91 Å². The van der Waals surface area contributed by atoms with Gasteiger partial charge in [-0.05, 0) is 19.3 Å². The van der Waals surface area contributed by atoms with E-state index < -0.39 is 0 Å². The third kappa shape index (κ3) is 5.33. The Bertz CT molecular complexity index is 236. The van der Waals surface area contributed by atoms with E-state index in [1.807, 2.05) is 4.90 Å². The molecule has 1 atom stereocenters. The minimum absolute atomic E-state index is 0.230. The first-order valence-corrected chi connectivity index (χ1v) is 6.89. The molecule has 0 radical (unpaired) electrons. The van der Waals surface area contributed by atoms with Crippen molar-refractivity contribution in [3.63, 3.8) is 0 Å². The van der Waals surface area contributed by atoms with E-state index in [9.17, 15) is 4.79 Å². The lowest BCUT2D eigenvalue weighted by Gasteiger charge is -2.23. The monoisotopic (exact) mass is 258 g/mol. The second-order valence-corrected chi connectivity index (χ2v) is 4.58. The lowest BCUT2D eigenvalue weighted by molar-refractivity contribution is -0.128. The van der Waals surface area contributed by atoms with Crippen LogP contribution in [0.4, 0.5) is 0 Å². The fraction of sp³-hybridized carbons (Fsp3) is 0.923. The summed E-state index contributed by atoms with van der Waals surface area (Å²) >= 11 is 0. The molecule has 1 amide bonds. The zero-order valence-corrected chi connectivity index (χ0v) is 11.6. The van der Waals surface area contributed by atoms with Crippen molar-refractivity contribution in [1.29, 1.82) is 0 Å². The number of hydrogen-bond donors (Lipinski definition) is 1. The summed E-state index contributed by atoms with van der Waals surface area (Å²) in [6, 6.07) is 0. The number of rotatable bonds is 10. The van der Waals surface area contributed by atoms with Gasteiger partial charge in [0.05, 0.1) is 25.9 Å². The molecule has 1 rings (SSSR count). The first-order chi connectivity index (χ1) is 8.79. The van der Waals surface area contributed by atoms with Crippen LogP contribution in [0.3, 0.4) is 0 Å². The highest BCUT2D eigenvalue weighted by Gasteiger charge is 2.28. The molecule has 5 heteroatoms. The van der Waals surface area contributed by atoms with Gasteiger partial charge in [0.2, 0.25) is 5.91 Å². The van der Waals surface area contributed by atoms with Crippen LogP contribution in [0.15, 0.2) is 0 Å². The number of unbranched alkanes of at least 4 members (excludes halogenated alkanes) is 1. The Morgan fingerprint density at radius 3 is 2.89 bits per heavy atom. The molecule has 1 aliphatic rings. The Morgan fingerprint density at radius 2 is 2.17 bits per heavy atom. The molecule has 1 unspecified atom stereocenters. The van der Waals surface area contributed by atoms with Gasteiger partial charge in [0.1, 0.15) is 0 Å². The summed E-state index contributed by atoms with van der Waals surface area (Å²) in [6.45, 7) is 5.52. The summed E-state index contributed by atoms with van der Waals surface area (Å²) in [6.07, 6.45) is 4.38. The van der Waals surface area contributed by atoms with Gasteiger partial charge < -0.3 is 14.4 Å². The summed E-state index contributed by atoms with van der Waals surface area (Å²) in [4.78, 5) is 13.7. The first kappa shape index (κ1) is 15.4. The number of methoxy groups -OCH3 is 1. The van der Waals surface area contributed by atoms with Crippen molar-refractivity contribution in [3.8, 4) is 0 Å². The van der Waals surface area contributed by atoms with E-state index in [-0.39, 0.29) is 12.1 Å². The Morgan fingerprint density at radius 1 is 1.33 bits per heavy atom. The molecule has 18 heavy (non-hydrogen) atoms. The molecular weight excluding hydrogens is 232 g/mol. The SMILES string of the molecule is CCCC1NCC(=O)N1CCCCOCCOC. The second kappa shape index (κ2) is 9.30. The quantitative estimate of drug-likeness (QED) is 0.594. The molecule has 1 fully saturated rings. The van der Waals surface area contributed by atoms with E-state index in [0.29, 0.717) is 19.8 Å². The van der Waals surface area contributed by atoms with Crippen LogP contribution < -0.4 is 5.32 Å². The maximum absolute atomic E-state index is 11.7. The molecule has 1 saturated heterocycles. The van der Waals surface area contributed by atoms with E-state index in [4.69, 9.17) is 9.47 Å². The molecule has 1 N–H and O–H groups in total. The number of nitrogens with one attached hydrogen (secondary N) is 1. The van der Waals surface area contributed by atoms with Gasteiger partial charge in [0, 0.05) is 20.3 Å². The van der Waals surface area contributed by atoms with E-state index in [1.54, 1.807) is 7.11 Å². The number of nitrogens with zero attached hydrogens (tertiary/aromatic N) is 1. The summed E-state index contributed by atoms with van der Waals surface area (Å²) < 4.78 is 10.3. The lowest BCUT2D eigenvalue weighted by atomic mass is 10.2. The van der Waals surface area contributed by atoms with Gasteiger partial charge >= 0.3 is 0 Å². The third-order valence-corrected chi connectivity index (χ3v) is 3.12. The molecule has 1 aliphatic heterocycles. The Kier molecular flexibility index (Phi) is 7.96. The van der Waals surface area contributed by atoms with Gasteiger partial charge in [-0.15, -0.1) is 0 Å². The number of carbonyl (C=O) groups excluding carboxylic acids is 1. The molecular formula is C13H26N2O3. The molecule has 0 aromatic rings. The molecule has 0 aromatic carbocycles. The van der Waals surface area contributed by atoms with Crippen LogP contribution in [0.2, 0.25) is 0 Å². The average Bonchev–Trinajstić information content (AvgIpc) is 2.70. The minimum Gasteiger partial charge on any atom is -0.382 e. The highest BCUT2D eigenvalue weighted by Crippen LogP contribution is 2.11. The number of hydrogen-bond acceptors (Lipinski definition) is 4. The smallest absolute Gasteiger partial charge is 0.237 e. The molecule has 1 heterocycles. The highest BCUT2D eigenvalue weighted by atomic mass is 16.5. The number of amides is 1. The van der Waals surface area contributed by atoms with E-state index >= 15 is 0 Å². The normalized spacial score (nSPS) is 19.8. The molecule has 0 saturated carbocycles. The molecule has 5 nitrogen and oxygen atoms in total. The minimum atomic E-state index is 0.230. The van der Waals surface area contributed by atoms with Crippen molar-refractivity contribution in [2.45, 2.75) is 38.8 Å². The summed E-state index contributed by atoms with van der Waals surface area (Å²) in [5.41, 5.74) is 0. The Balaban J connectivity index is 2.07. The van der Waals surface area contributed by atoms with Crippen LogP contribution in [-0.2, 0) is 14.3 Å². The summed E-state index contributed by atoms with van der Waals surface area (Å²) in [5, 5.41) is 3.25. The van der Waals surface area contributed by atoms with Gasteiger partial charge in [-0.1, -0.05) is 13.3 Å². The topological polar surface area (TPSA) is 50.8 Å². The largest absolute Gasteiger partial charge is 0.382 e. The average molecular weight is 258 g/mol. The van der Waals surface area contributed by atoms with Crippen molar-refractivity contribution in [2.24, 2.45) is 0 Å². The maximum atomic E-state index is 11.7. The van der Waals surface area contributed by atoms with Crippen LogP contribution in [0, 0.1) is 0 Å². The van der Waals surface area contributed by atoms with Gasteiger partial charge in [-0.3, -0.25) is 10.1 Å². The fourth-order valence-electron chi connectivity index (χ4n) is 2.13. The van der Waals surface area contributed by atoms with Crippen LogP contribution in [0.1, 0.15) is 32.6 Å². The Labute approximate surface area is 110 Å². The molecule has 0 bridgehead atoms. The van der Waals surface area contributed by atoms with Gasteiger partial charge in [0.15, 0.2) is 0 Å². The van der Waals surface area contributed by atoms with Crippen LogP contribution in [0.5, 0.6) is 0 Å². The lowest BCUT2D eigenvalue weighted by Crippen LogP contribution is -2.37. The summed E-state index contributed by atoms with van der Waals surface area (Å²) in [7, 11) is 1.67. The molecule has 106 valence electrons. The molecule has 0 spiro atoms. The summed E-state index contributed by atoms with van der Waals surface area (Å²) in [5.74, 6) is 0.230.